The number of aryl methyl sites for hydroxylation is 1. The van der Waals surface area contributed by atoms with Gasteiger partial charge in [0.05, 0.1) is 0 Å². The topological polar surface area (TPSA) is 24.9 Å². The lowest BCUT2D eigenvalue weighted by Gasteiger charge is -2.18. The summed E-state index contributed by atoms with van der Waals surface area (Å²) in [6.07, 6.45) is 5.00. The van der Waals surface area contributed by atoms with Crippen molar-refractivity contribution >= 4 is 15.9 Å². The molecule has 0 fully saturated rings. The minimum atomic E-state index is 0.411. The largest absolute Gasteiger partial charge is 0.314 e. The Morgan fingerprint density at radius 1 is 1.10 bits per heavy atom. The number of benzene rings is 1. The highest BCUT2D eigenvalue weighted by Crippen LogP contribution is 2.18. The molecule has 2 nitrogen and oxygen atoms in total. The van der Waals surface area contributed by atoms with E-state index >= 15 is 0 Å². The van der Waals surface area contributed by atoms with E-state index in [9.17, 15) is 0 Å². The number of likely N-dealkylation sites (N-methyl/N-ethyl adjacent to an activating group) is 1. The smallest absolute Gasteiger partial charge is 0.0419 e. The van der Waals surface area contributed by atoms with E-state index in [0.717, 1.165) is 31.5 Å². The Morgan fingerprint density at radius 2 is 1.90 bits per heavy atom. The molecule has 1 aromatic heterocycles. The zero-order valence-corrected chi connectivity index (χ0v) is 14.4. The Kier molecular flexibility index (Phi) is 6.40. The van der Waals surface area contributed by atoms with Crippen LogP contribution in [0.2, 0.25) is 0 Å². The Morgan fingerprint density at radius 3 is 2.52 bits per heavy atom. The molecule has 0 radical (unpaired) electrons. The van der Waals surface area contributed by atoms with Crippen LogP contribution in [-0.4, -0.2) is 17.6 Å². The van der Waals surface area contributed by atoms with Gasteiger partial charge in [-0.05, 0) is 42.6 Å². The van der Waals surface area contributed by atoms with Crippen molar-refractivity contribution in [2.24, 2.45) is 0 Å². The van der Waals surface area contributed by atoms with E-state index in [-0.39, 0.29) is 0 Å². The molecule has 0 spiro atoms. The third-order valence-corrected chi connectivity index (χ3v) is 4.44. The summed E-state index contributed by atoms with van der Waals surface area (Å²) in [7, 11) is 0. The predicted octanol–water partition coefficient (Wildman–Crippen LogP) is 4.17. The predicted molar refractivity (Wildman–Crippen MR) is 92.6 cm³/mol. The molecule has 0 saturated heterocycles. The molecule has 1 N–H and O–H groups in total. The van der Waals surface area contributed by atoms with Crippen LogP contribution in [0.3, 0.4) is 0 Å². The second-order valence-corrected chi connectivity index (χ2v) is 6.12. The van der Waals surface area contributed by atoms with E-state index in [1.54, 1.807) is 0 Å². The molecule has 0 aliphatic rings. The molecular formula is C18H23BrN2. The average molecular weight is 347 g/mol. The van der Waals surface area contributed by atoms with Crippen LogP contribution >= 0.6 is 15.9 Å². The normalized spacial score (nSPS) is 12.3. The van der Waals surface area contributed by atoms with Gasteiger partial charge in [0.15, 0.2) is 0 Å². The molecule has 112 valence electrons. The van der Waals surface area contributed by atoms with Crippen LogP contribution in [0.15, 0.2) is 47.1 Å². The van der Waals surface area contributed by atoms with Crippen molar-refractivity contribution in [1.29, 1.82) is 0 Å². The van der Waals surface area contributed by atoms with E-state index < -0.39 is 0 Å². The Labute approximate surface area is 136 Å². The lowest BCUT2D eigenvalue weighted by Crippen LogP contribution is -2.33. The molecule has 2 rings (SSSR count). The summed E-state index contributed by atoms with van der Waals surface area (Å²) < 4.78 is 1.18. The van der Waals surface area contributed by atoms with Gasteiger partial charge >= 0.3 is 0 Å². The molecular weight excluding hydrogens is 324 g/mol. The summed E-state index contributed by atoms with van der Waals surface area (Å²) in [5, 5.41) is 3.57. The number of nitrogens with zero attached hydrogens (tertiary/aromatic N) is 1. The first kappa shape index (κ1) is 16.2. The van der Waals surface area contributed by atoms with Gasteiger partial charge in [-0.1, -0.05) is 54.0 Å². The maximum Gasteiger partial charge on any atom is 0.0419 e. The number of pyridine rings is 1. The van der Waals surface area contributed by atoms with Crippen molar-refractivity contribution in [3.05, 3.63) is 63.9 Å². The van der Waals surface area contributed by atoms with Crippen molar-refractivity contribution in [1.82, 2.24) is 10.3 Å². The van der Waals surface area contributed by atoms with Gasteiger partial charge in [-0.15, -0.1) is 0 Å². The number of nitrogens with one attached hydrogen (secondary N) is 1. The fourth-order valence-electron chi connectivity index (χ4n) is 2.47. The van der Waals surface area contributed by atoms with Crippen LogP contribution in [0, 0.1) is 0 Å². The van der Waals surface area contributed by atoms with Crippen molar-refractivity contribution < 1.29 is 0 Å². The molecule has 1 heterocycles. The summed E-state index contributed by atoms with van der Waals surface area (Å²) in [5.41, 5.74) is 3.79. The first-order chi connectivity index (χ1) is 10.2. The fraction of sp³-hybridized carbons (Fsp3) is 0.389. The van der Waals surface area contributed by atoms with Crippen molar-refractivity contribution in [3.63, 3.8) is 0 Å². The molecule has 1 unspecified atom stereocenters. The molecule has 2 aromatic rings. The Balaban J connectivity index is 2.06. The minimum absolute atomic E-state index is 0.411. The lowest BCUT2D eigenvalue weighted by molar-refractivity contribution is 0.516. The van der Waals surface area contributed by atoms with Gasteiger partial charge in [-0.3, -0.25) is 4.98 Å². The number of aromatic nitrogens is 1. The SMILES string of the molecule is CCNC(Cc1ccc(CC)cn1)Cc1ccccc1Br. The van der Waals surface area contributed by atoms with Crippen LogP contribution in [0.4, 0.5) is 0 Å². The Bertz CT molecular complexity index is 551. The van der Waals surface area contributed by atoms with Gasteiger partial charge in [0.25, 0.3) is 0 Å². The molecule has 0 saturated carbocycles. The third-order valence-electron chi connectivity index (χ3n) is 3.67. The fourth-order valence-corrected chi connectivity index (χ4v) is 2.92. The van der Waals surface area contributed by atoms with E-state index in [4.69, 9.17) is 0 Å². The van der Waals surface area contributed by atoms with Crippen LogP contribution in [-0.2, 0) is 19.3 Å². The zero-order chi connectivity index (χ0) is 15.1. The first-order valence-corrected chi connectivity index (χ1v) is 8.42. The van der Waals surface area contributed by atoms with Crippen LogP contribution in [0.5, 0.6) is 0 Å². The average Bonchev–Trinajstić information content (AvgIpc) is 2.50. The maximum atomic E-state index is 4.58. The van der Waals surface area contributed by atoms with E-state index in [0.29, 0.717) is 6.04 Å². The van der Waals surface area contributed by atoms with Gasteiger partial charge in [0, 0.05) is 28.8 Å². The molecule has 1 aromatic carbocycles. The van der Waals surface area contributed by atoms with E-state index in [1.165, 1.54) is 15.6 Å². The third kappa shape index (κ3) is 4.94. The summed E-state index contributed by atoms with van der Waals surface area (Å²) in [4.78, 5) is 4.58. The second kappa shape index (κ2) is 8.30. The van der Waals surface area contributed by atoms with Gasteiger partial charge < -0.3 is 5.32 Å². The highest BCUT2D eigenvalue weighted by molar-refractivity contribution is 9.10. The standard InChI is InChI=1S/C18H23BrN2/c1-3-14-9-10-16(21-13-14)12-17(20-4-2)11-15-7-5-6-8-18(15)19/h5-10,13,17,20H,3-4,11-12H2,1-2H3. The highest BCUT2D eigenvalue weighted by atomic mass is 79.9. The molecule has 3 heteroatoms. The maximum absolute atomic E-state index is 4.58. The van der Waals surface area contributed by atoms with Gasteiger partial charge in [-0.25, -0.2) is 0 Å². The number of hydrogen-bond donors (Lipinski definition) is 1. The molecule has 21 heavy (non-hydrogen) atoms. The molecule has 0 amide bonds. The van der Waals surface area contributed by atoms with Gasteiger partial charge in [0.1, 0.15) is 0 Å². The van der Waals surface area contributed by atoms with Crippen LogP contribution in [0.1, 0.15) is 30.7 Å². The lowest BCUT2D eigenvalue weighted by atomic mass is 10.0. The number of hydrogen-bond acceptors (Lipinski definition) is 2. The van der Waals surface area contributed by atoms with Crippen molar-refractivity contribution in [3.8, 4) is 0 Å². The van der Waals surface area contributed by atoms with E-state index in [2.05, 4.69) is 76.5 Å². The minimum Gasteiger partial charge on any atom is -0.314 e. The molecule has 1 atom stereocenters. The van der Waals surface area contributed by atoms with Gasteiger partial charge in [-0.2, -0.15) is 0 Å². The molecule has 0 aliphatic heterocycles. The first-order valence-electron chi connectivity index (χ1n) is 7.63. The molecule has 0 bridgehead atoms. The Hall–Kier alpha value is -1.19. The van der Waals surface area contributed by atoms with Crippen LogP contribution in [0.25, 0.3) is 0 Å². The zero-order valence-electron chi connectivity index (χ0n) is 12.8. The quantitative estimate of drug-likeness (QED) is 0.813. The monoisotopic (exact) mass is 346 g/mol. The summed E-state index contributed by atoms with van der Waals surface area (Å²) in [5.74, 6) is 0. The molecule has 0 aliphatic carbocycles. The van der Waals surface area contributed by atoms with Crippen molar-refractivity contribution in [2.45, 2.75) is 39.2 Å². The second-order valence-electron chi connectivity index (χ2n) is 5.27. The highest BCUT2D eigenvalue weighted by Gasteiger charge is 2.12. The van der Waals surface area contributed by atoms with Gasteiger partial charge in [0.2, 0.25) is 0 Å². The van der Waals surface area contributed by atoms with Crippen molar-refractivity contribution in [2.75, 3.05) is 6.54 Å². The summed E-state index contributed by atoms with van der Waals surface area (Å²) in [6, 6.07) is 13.2. The van der Waals surface area contributed by atoms with Crippen LogP contribution < -0.4 is 5.32 Å². The summed E-state index contributed by atoms with van der Waals surface area (Å²) in [6.45, 7) is 5.29. The number of halogens is 1. The van der Waals surface area contributed by atoms with E-state index in [1.807, 2.05) is 6.20 Å². The number of rotatable bonds is 7. The summed E-state index contributed by atoms with van der Waals surface area (Å²) >= 11 is 3.64.